The summed E-state index contributed by atoms with van der Waals surface area (Å²) in [5.74, 6) is 0.388. The Hall–Kier alpha value is -5.00. The van der Waals surface area contributed by atoms with Gasteiger partial charge in [0.25, 0.3) is 5.56 Å². The number of anilines is 1. The molecule has 1 aliphatic carbocycles. The molecule has 2 aromatic carbocycles. The molecule has 0 saturated heterocycles. The highest BCUT2D eigenvalue weighted by Gasteiger charge is 2.27. The lowest BCUT2D eigenvalue weighted by Gasteiger charge is -2.20. The molecule has 1 atom stereocenters. The predicted octanol–water partition coefficient (Wildman–Crippen LogP) is 4.32. The number of ether oxygens (including phenoxy) is 1. The zero-order valence-electron chi connectivity index (χ0n) is 24.3. The van der Waals surface area contributed by atoms with E-state index in [9.17, 15) is 18.8 Å². The van der Waals surface area contributed by atoms with E-state index >= 15 is 0 Å². The normalized spacial score (nSPS) is 13.8. The number of aryl methyl sites for hydroxylation is 2. The zero-order valence-corrected chi connectivity index (χ0v) is 24.3. The van der Waals surface area contributed by atoms with E-state index < -0.39 is 23.3 Å². The van der Waals surface area contributed by atoms with Gasteiger partial charge in [0.1, 0.15) is 22.9 Å². The summed E-state index contributed by atoms with van der Waals surface area (Å²) in [6.45, 7) is 4.07. The molecular weight excluding hydrogens is 553 g/mol. The van der Waals surface area contributed by atoms with Crippen molar-refractivity contribution in [2.45, 2.75) is 45.6 Å². The van der Waals surface area contributed by atoms with Crippen LogP contribution in [0.15, 0.2) is 58.1 Å². The zero-order chi connectivity index (χ0) is 30.4. The number of amides is 1. The second-order valence-electron chi connectivity index (χ2n) is 11.1. The summed E-state index contributed by atoms with van der Waals surface area (Å²) < 4.78 is 23.6. The maximum atomic E-state index is 14.8. The Morgan fingerprint density at radius 2 is 1.84 bits per heavy atom. The molecule has 222 valence electrons. The first-order valence-electron chi connectivity index (χ1n) is 14.1. The second-order valence-corrected chi connectivity index (χ2v) is 11.1. The molecule has 1 unspecified atom stereocenters. The topological polar surface area (TPSA) is 131 Å². The van der Waals surface area contributed by atoms with E-state index in [1.165, 1.54) is 15.5 Å². The van der Waals surface area contributed by atoms with Crippen LogP contribution in [0.1, 0.15) is 47.1 Å². The first-order chi connectivity index (χ1) is 20.6. The Morgan fingerprint density at radius 1 is 1.12 bits per heavy atom. The minimum atomic E-state index is -0.569. The fraction of sp³-hybridized carbons (Fsp3) is 0.323. The van der Waals surface area contributed by atoms with Crippen LogP contribution in [0.3, 0.4) is 0 Å². The molecule has 1 amide bonds. The van der Waals surface area contributed by atoms with Crippen LogP contribution in [0, 0.1) is 25.6 Å². The molecule has 1 aliphatic rings. The molecule has 11 nitrogen and oxygen atoms in total. The summed E-state index contributed by atoms with van der Waals surface area (Å²) in [6, 6.07) is 13.7. The van der Waals surface area contributed by atoms with Gasteiger partial charge in [0.15, 0.2) is 11.4 Å². The first kappa shape index (κ1) is 28.1. The van der Waals surface area contributed by atoms with Crippen LogP contribution in [0.25, 0.3) is 11.2 Å². The number of rotatable bonds is 8. The van der Waals surface area contributed by atoms with Gasteiger partial charge in [0.05, 0.1) is 5.69 Å². The van der Waals surface area contributed by atoms with Crippen molar-refractivity contribution in [1.82, 2.24) is 29.3 Å². The van der Waals surface area contributed by atoms with Crippen LogP contribution in [0.4, 0.5) is 14.9 Å². The number of H-pyrrole nitrogens is 2. The van der Waals surface area contributed by atoms with Gasteiger partial charge in [0, 0.05) is 32.2 Å². The summed E-state index contributed by atoms with van der Waals surface area (Å²) in [4.78, 5) is 50.0. The maximum Gasteiger partial charge on any atom is 0.419 e. The summed E-state index contributed by atoms with van der Waals surface area (Å²) in [5.41, 5.74) is 2.62. The fourth-order valence-corrected chi connectivity index (χ4v) is 5.30. The van der Waals surface area contributed by atoms with Crippen molar-refractivity contribution >= 4 is 22.9 Å². The number of imidazole rings is 1. The van der Waals surface area contributed by atoms with Gasteiger partial charge in [-0.25, -0.2) is 19.0 Å². The third kappa shape index (κ3) is 5.47. The van der Waals surface area contributed by atoms with E-state index in [0.29, 0.717) is 41.0 Å². The Morgan fingerprint density at radius 3 is 2.49 bits per heavy atom. The summed E-state index contributed by atoms with van der Waals surface area (Å²) in [7, 11) is 3.39. The van der Waals surface area contributed by atoms with Gasteiger partial charge in [-0.3, -0.25) is 23.9 Å². The van der Waals surface area contributed by atoms with Gasteiger partial charge in [-0.05, 0) is 68.4 Å². The van der Waals surface area contributed by atoms with E-state index in [4.69, 9.17) is 9.72 Å². The molecular formula is C31H32FN7O4. The lowest BCUT2D eigenvalue weighted by Crippen LogP contribution is -2.30. The van der Waals surface area contributed by atoms with Crippen molar-refractivity contribution in [2.24, 2.45) is 13.0 Å². The molecule has 5 aromatic rings. The molecule has 2 N–H and O–H groups in total. The summed E-state index contributed by atoms with van der Waals surface area (Å²) in [6.07, 6.45) is 1.72. The second kappa shape index (κ2) is 11.0. The maximum absolute atomic E-state index is 14.8. The van der Waals surface area contributed by atoms with Crippen LogP contribution < -0.4 is 20.9 Å². The molecule has 1 fully saturated rings. The van der Waals surface area contributed by atoms with E-state index in [0.717, 1.165) is 24.1 Å². The van der Waals surface area contributed by atoms with Gasteiger partial charge in [-0.2, -0.15) is 5.10 Å². The molecule has 0 bridgehead atoms. The highest BCUT2D eigenvalue weighted by Crippen LogP contribution is 2.33. The smallest absolute Gasteiger partial charge is 0.406 e. The van der Waals surface area contributed by atoms with Crippen molar-refractivity contribution in [3.8, 4) is 5.75 Å². The molecule has 1 saturated carbocycles. The van der Waals surface area contributed by atoms with Crippen LogP contribution >= 0.6 is 0 Å². The number of hydrogen-bond acceptors (Lipinski definition) is 6. The number of hydrogen-bond donors (Lipinski definition) is 2. The van der Waals surface area contributed by atoms with Crippen molar-refractivity contribution in [3.63, 3.8) is 0 Å². The minimum absolute atomic E-state index is 0.203. The Labute approximate surface area is 246 Å². The average Bonchev–Trinajstić information content (AvgIpc) is 3.65. The van der Waals surface area contributed by atoms with E-state index in [1.54, 1.807) is 56.0 Å². The number of halogens is 1. The van der Waals surface area contributed by atoms with Crippen molar-refractivity contribution in [3.05, 3.63) is 104 Å². The number of nitrogens with one attached hydrogen (secondary N) is 2. The molecule has 43 heavy (non-hydrogen) atoms. The van der Waals surface area contributed by atoms with Gasteiger partial charge in [0.2, 0.25) is 0 Å². The Kier molecular flexibility index (Phi) is 7.20. The standard InChI is InChI=1S/C31H32FN7O4/c1-17-26(18(2)38(4)36-17)43-31(42)37(3)22-13-11-20(12-14-22)23(15-21-7-5-6-8-24(21)32)27-33-25-28(34-27)39(16-19-9-10-19)30(41)35-29(25)40/h5-8,11-14,19,23H,9-10,15-16H2,1-4H3,(H,33,34)(H,35,40,41). The number of aromatic amines is 2. The van der Waals surface area contributed by atoms with Crippen molar-refractivity contribution in [2.75, 3.05) is 11.9 Å². The van der Waals surface area contributed by atoms with Gasteiger partial charge in [-0.15, -0.1) is 0 Å². The third-order valence-electron chi connectivity index (χ3n) is 8.09. The number of fused-ring (bicyclic) bond motifs is 1. The molecule has 0 aliphatic heterocycles. The molecule has 12 heteroatoms. The lowest BCUT2D eigenvalue weighted by molar-refractivity contribution is 0.208. The molecule has 3 aromatic heterocycles. The Balaban J connectivity index is 1.35. The third-order valence-corrected chi connectivity index (χ3v) is 8.09. The number of carbonyl (C=O) groups excluding carboxylic acids is 1. The molecule has 6 rings (SSSR count). The number of aromatic nitrogens is 6. The largest absolute Gasteiger partial charge is 0.419 e. The lowest BCUT2D eigenvalue weighted by atomic mass is 9.91. The van der Waals surface area contributed by atoms with Gasteiger partial charge < -0.3 is 9.72 Å². The monoisotopic (exact) mass is 585 g/mol. The van der Waals surface area contributed by atoms with Crippen LogP contribution in [0.2, 0.25) is 0 Å². The van der Waals surface area contributed by atoms with E-state index in [1.807, 2.05) is 19.1 Å². The Bertz CT molecular complexity index is 1950. The average molecular weight is 586 g/mol. The minimum Gasteiger partial charge on any atom is -0.406 e. The number of carbonyl (C=O) groups is 1. The van der Waals surface area contributed by atoms with Gasteiger partial charge >= 0.3 is 11.8 Å². The van der Waals surface area contributed by atoms with E-state index in [-0.39, 0.29) is 23.4 Å². The quantitative estimate of drug-likeness (QED) is 0.279. The SMILES string of the molecule is Cc1nn(C)c(C)c1OC(=O)N(C)c1ccc(C(Cc2ccccc2F)c2nc3c([nH]2)c(=O)[nH]c(=O)n3CC2CC2)cc1. The van der Waals surface area contributed by atoms with Crippen LogP contribution in [-0.4, -0.2) is 42.4 Å². The molecule has 0 spiro atoms. The predicted molar refractivity (Wildman–Crippen MR) is 159 cm³/mol. The van der Waals surface area contributed by atoms with E-state index in [2.05, 4.69) is 15.1 Å². The highest BCUT2D eigenvalue weighted by atomic mass is 19.1. The molecule has 0 radical (unpaired) electrons. The highest BCUT2D eigenvalue weighted by molar-refractivity contribution is 5.88. The first-order valence-corrected chi connectivity index (χ1v) is 14.1. The number of nitrogens with zero attached hydrogens (tertiary/aromatic N) is 5. The fourth-order valence-electron chi connectivity index (χ4n) is 5.30. The van der Waals surface area contributed by atoms with Crippen molar-refractivity contribution < 1.29 is 13.9 Å². The van der Waals surface area contributed by atoms with Crippen LogP contribution in [-0.2, 0) is 20.0 Å². The number of benzene rings is 2. The summed E-state index contributed by atoms with van der Waals surface area (Å²) in [5, 5.41) is 4.29. The van der Waals surface area contributed by atoms with Crippen LogP contribution in [0.5, 0.6) is 5.75 Å². The summed E-state index contributed by atoms with van der Waals surface area (Å²) >= 11 is 0. The molecule has 3 heterocycles. The van der Waals surface area contributed by atoms with Crippen molar-refractivity contribution in [1.29, 1.82) is 0 Å². The van der Waals surface area contributed by atoms with Gasteiger partial charge in [-0.1, -0.05) is 30.3 Å².